The van der Waals surface area contributed by atoms with Crippen molar-refractivity contribution in [1.29, 1.82) is 0 Å². The van der Waals surface area contributed by atoms with Gasteiger partial charge >= 0.3 is 0 Å². The van der Waals surface area contributed by atoms with E-state index < -0.39 is 0 Å². The number of nitrogens with zero attached hydrogens (tertiary/aromatic N) is 2. The quantitative estimate of drug-likeness (QED) is 0.818. The number of carbonyl (C=O) groups excluding carboxylic acids is 1. The summed E-state index contributed by atoms with van der Waals surface area (Å²) in [5.74, 6) is -0.00727. The number of amides is 1. The summed E-state index contributed by atoms with van der Waals surface area (Å²) in [6.45, 7) is 9.31. The Hall–Kier alpha value is -1.92. The predicted octanol–water partition coefficient (Wildman–Crippen LogP) is 1.83. The highest BCUT2D eigenvalue weighted by Gasteiger charge is 2.15. The first-order chi connectivity index (χ1) is 11.6. The van der Waals surface area contributed by atoms with Crippen LogP contribution in [0.15, 0.2) is 16.7 Å². The van der Waals surface area contributed by atoms with E-state index >= 15 is 0 Å². The molecule has 1 N–H and O–H groups in total. The number of fused-ring (bicyclic) bond motifs is 1. The summed E-state index contributed by atoms with van der Waals surface area (Å²) in [6, 6.07) is 4.04. The maximum atomic E-state index is 12.2. The smallest absolute Gasteiger partial charge is 0.226 e. The average Bonchev–Trinajstić information content (AvgIpc) is 2.95. The van der Waals surface area contributed by atoms with E-state index in [1.165, 1.54) is 0 Å². The van der Waals surface area contributed by atoms with Crippen LogP contribution in [0.1, 0.15) is 23.2 Å². The van der Waals surface area contributed by atoms with Gasteiger partial charge in [0.15, 0.2) is 5.58 Å². The fourth-order valence-corrected chi connectivity index (χ4v) is 3.21. The molecular formula is C18H25N3O3. The third-order valence-corrected chi connectivity index (χ3v) is 4.39. The molecule has 1 aliphatic heterocycles. The monoisotopic (exact) mass is 331 g/mol. The van der Waals surface area contributed by atoms with Gasteiger partial charge in [-0.2, -0.15) is 0 Å². The number of aromatic nitrogens is 1. The van der Waals surface area contributed by atoms with E-state index in [2.05, 4.69) is 21.4 Å². The molecule has 1 saturated heterocycles. The molecule has 3 rings (SSSR count). The lowest BCUT2D eigenvalue weighted by molar-refractivity contribution is -0.120. The third-order valence-electron chi connectivity index (χ3n) is 4.39. The molecule has 0 radical (unpaired) electrons. The summed E-state index contributed by atoms with van der Waals surface area (Å²) >= 11 is 0. The number of rotatable bonds is 6. The zero-order valence-electron chi connectivity index (χ0n) is 14.4. The summed E-state index contributed by atoms with van der Waals surface area (Å²) in [6.07, 6.45) is 1.21. The van der Waals surface area contributed by atoms with Crippen molar-refractivity contribution in [3.8, 4) is 0 Å². The van der Waals surface area contributed by atoms with Gasteiger partial charge in [-0.15, -0.1) is 0 Å². The number of morpholine rings is 1. The van der Waals surface area contributed by atoms with Crippen molar-refractivity contribution < 1.29 is 14.1 Å². The molecular weight excluding hydrogens is 306 g/mol. The maximum Gasteiger partial charge on any atom is 0.226 e. The van der Waals surface area contributed by atoms with E-state index in [4.69, 9.17) is 9.26 Å². The Morgan fingerprint density at radius 2 is 2.08 bits per heavy atom. The van der Waals surface area contributed by atoms with Crippen LogP contribution in [0.25, 0.3) is 11.0 Å². The lowest BCUT2D eigenvalue weighted by Gasteiger charge is -2.26. The molecule has 1 aliphatic rings. The first-order valence-electron chi connectivity index (χ1n) is 8.56. The molecule has 24 heavy (non-hydrogen) atoms. The molecule has 2 aromatic rings. The molecule has 0 aliphatic carbocycles. The van der Waals surface area contributed by atoms with Crippen molar-refractivity contribution in [3.63, 3.8) is 0 Å². The van der Waals surface area contributed by atoms with Gasteiger partial charge in [0.05, 0.1) is 19.6 Å². The first-order valence-corrected chi connectivity index (χ1v) is 8.56. The van der Waals surface area contributed by atoms with Crippen molar-refractivity contribution in [2.45, 2.75) is 26.7 Å². The van der Waals surface area contributed by atoms with Crippen LogP contribution in [0.2, 0.25) is 0 Å². The molecule has 130 valence electrons. The second-order valence-electron chi connectivity index (χ2n) is 6.42. The fraction of sp³-hybridized carbons (Fsp3) is 0.556. The molecule has 1 aromatic heterocycles. The number of ether oxygens (including phenoxy) is 1. The van der Waals surface area contributed by atoms with E-state index in [-0.39, 0.29) is 12.3 Å². The summed E-state index contributed by atoms with van der Waals surface area (Å²) in [5, 5.41) is 8.02. The molecule has 1 aromatic carbocycles. The zero-order chi connectivity index (χ0) is 16.9. The Bertz CT molecular complexity index is 705. The van der Waals surface area contributed by atoms with Crippen LogP contribution in [-0.4, -0.2) is 55.4 Å². The molecule has 2 heterocycles. The van der Waals surface area contributed by atoms with Crippen LogP contribution in [0, 0.1) is 13.8 Å². The van der Waals surface area contributed by atoms with Gasteiger partial charge < -0.3 is 14.6 Å². The van der Waals surface area contributed by atoms with Gasteiger partial charge in [-0.05, 0) is 44.0 Å². The molecule has 0 spiro atoms. The van der Waals surface area contributed by atoms with Crippen LogP contribution < -0.4 is 5.32 Å². The molecule has 0 saturated carbocycles. The Morgan fingerprint density at radius 3 is 2.88 bits per heavy atom. The first kappa shape index (κ1) is 16.9. The summed E-state index contributed by atoms with van der Waals surface area (Å²) in [7, 11) is 0. The number of carbonyl (C=O) groups is 1. The van der Waals surface area contributed by atoms with Gasteiger partial charge in [-0.25, -0.2) is 0 Å². The number of aryl methyl sites for hydroxylation is 2. The molecule has 0 unspecified atom stereocenters. The number of hydrogen-bond acceptors (Lipinski definition) is 5. The van der Waals surface area contributed by atoms with Crippen molar-refractivity contribution in [3.05, 3.63) is 29.0 Å². The van der Waals surface area contributed by atoms with Gasteiger partial charge in [0.1, 0.15) is 5.69 Å². The number of nitrogens with one attached hydrogen (secondary N) is 1. The van der Waals surface area contributed by atoms with Crippen molar-refractivity contribution in [1.82, 2.24) is 15.4 Å². The minimum absolute atomic E-state index is 0.00727. The van der Waals surface area contributed by atoms with E-state index in [0.29, 0.717) is 12.2 Å². The van der Waals surface area contributed by atoms with Crippen molar-refractivity contribution >= 4 is 16.9 Å². The van der Waals surface area contributed by atoms with Crippen LogP contribution in [0.3, 0.4) is 0 Å². The Labute approximate surface area is 142 Å². The molecule has 1 fully saturated rings. The molecule has 0 atom stereocenters. The van der Waals surface area contributed by atoms with E-state index in [9.17, 15) is 4.79 Å². The predicted molar refractivity (Wildman–Crippen MR) is 92.1 cm³/mol. The van der Waals surface area contributed by atoms with Crippen LogP contribution in [0.4, 0.5) is 0 Å². The van der Waals surface area contributed by atoms with E-state index in [0.717, 1.165) is 61.4 Å². The van der Waals surface area contributed by atoms with Gasteiger partial charge in [-0.1, -0.05) is 11.2 Å². The third kappa shape index (κ3) is 4.13. The number of benzene rings is 1. The zero-order valence-corrected chi connectivity index (χ0v) is 14.4. The molecule has 1 amide bonds. The normalized spacial score (nSPS) is 15.8. The Morgan fingerprint density at radius 1 is 1.29 bits per heavy atom. The summed E-state index contributed by atoms with van der Waals surface area (Å²) in [4.78, 5) is 14.5. The highest BCUT2D eigenvalue weighted by atomic mass is 16.5. The minimum atomic E-state index is -0.00727. The highest BCUT2D eigenvalue weighted by Crippen LogP contribution is 2.24. The largest absolute Gasteiger partial charge is 0.379 e. The Balaban J connectivity index is 1.48. The second kappa shape index (κ2) is 7.77. The van der Waals surface area contributed by atoms with Gasteiger partial charge in [0.25, 0.3) is 0 Å². The fourth-order valence-electron chi connectivity index (χ4n) is 3.21. The second-order valence-corrected chi connectivity index (χ2v) is 6.42. The summed E-state index contributed by atoms with van der Waals surface area (Å²) in [5.41, 5.74) is 3.70. The Kier molecular flexibility index (Phi) is 5.48. The highest BCUT2D eigenvalue weighted by molar-refractivity contribution is 5.88. The molecule has 6 nitrogen and oxygen atoms in total. The molecule has 6 heteroatoms. The van der Waals surface area contributed by atoms with E-state index in [1.54, 1.807) is 0 Å². The van der Waals surface area contributed by atoms with Crippen molar-refractivity contribution in [2.75, 3.05) is 39.4 Å². The SMILES string of the molecule is Cc1cc(C)c2c(CC(=O)NCCCN3CCOCC3)noc2c1. The lowest BCUT2D eigenvalue weighted by atomic mass is 10.0. The molecule has 0 bridgehead atoms. The van der Waals surface area contributed by atoms with Gasteiger partial charge in [-0.3, -0.25) is 9.69 Å². The number of hydrogen-bond donors (Lipinski definition) is 1. The van der Waals surface area contributed by atoms with Gasteiger partial charge in [0, 0.05) is 25.0 Å². The average molecular weight is 331 g/mol. The van der Waals surface area contributed by atoms with Crippen LogP contribution in [-0.2, 0) is 16.0 Å². The van der Waals surface area contributed by atoms with E-state index in [1.807, 2.05) is 19.9 Å². The minimum Gasteiger partial charge on any atom is -0.379 e. The standard InChI is InChI=1S/C18H25N3O3/c1-13-10-14(2)18-15(20-24-16(18)11-13)12-17(22)19-4-3-5-21-6-8-23-9-7-21/h10-11H,3-9,12H2,1-2H3,(H,19,22). The van der Waals surface area contributed by atoms with Crippen LogP contribution >= 0.6 is 0 Å². The topological polar surface area (TPSA) is 67.6 Å². The lowest BCUT2D eigenvalue weighted by Crippen LogP contribution is -2.38. The summed E-state index contributed by atoms with van der Waals surface area (Å²) < 4.78 is 10.7. The van der Waals surface area contributed by atoms with Crippen molar-refractivity contribution in [2.24, 2.45) is 0 Å². The van der Waals surface area contributed by atoms with Crippen LogP contribution in [0.5, 0.6) is 0 Å². The van der Waals surface area contributed by atoms with Gasteiger partial charge in [0.2, 0.25) is 5.91 Å². The maximum absolute atomic E-state index is 12.2.